The highest BCUT2D eigenvalue weighted by molar-refractivity contribution is 5.27. The van der Waals surface area contributed by atoms with Crippen LogP contribution < -0.4 is 10.1 Å². The summed E-state index contributed by atoms with van der Waals surface area (Å²) in [5.74, 6) is 1.59. The van der Waals surface area contributed by atoms with Crippen LogP contribution in [0.4, 0.5) is 0 Å². The summed E-state index contributed by atoms with van der Waals surface area (Å²) in [6.07, 6.45) is 3.46. The second kappa shape index (κ2) is 10.7. The Labute approximate surface area is 123 Å². The van der Waals surface area contributed by atoms with Crippen molar-refractivity contribution >= 4 is 0 Å². The number of ether oxygens (including phenoxy) is 2. The monoisotopic (exact) mass is 279 g/mol. The molecule has 0 amide bonds. The number of methoxy groups -OCH3 is 1. The van der Waals surface area contributed by atoms with E-state index in [-0.39, 0.29) is 0 Å². The lowest BCUT2D eigenvalue weighted by Gasteiger charge is -2.17. The van der Waals surface area contributed by atoms with Gasteiger partial charge in [0, 0.05) is 13.2 Å². The number of hydrogen-bond donors (Lipinski definition) is 1. The fourth-order valence-corrected chi connectivity index (χ4v) is 2.34. The van der Waals surface area contributed by atoms with Crippen molar-refractivity contribution in [3.63, 3.8) is 0 Å². The third-order valence-corrected chi connectivity index (χ3v) is 3.47. The minimum absolute atomic E-state index is 0.670. The molecule has 0 aromatic heterocycles. The molecule has 0 saturated carbocycles. The van der Waals surface area contributed by atoms with E-state index in [1.165, 1.54) is 12.0 Å². The quantitative estimate of drug-likeness (QED) is 0.631. The summed E-state index contributed by atoms with van der Waals surface area (Å²) in [5, 5.41) is 3.47. The molecule has 0 bridgehead atoms. The molecule has 3 nitrogen and oxygen atoms in total. The zero-order valence-electron chi connectivity index (χ0n) is 13.2. The minimum atomic E-state index is 0.670. The van der Waals surface area contributed by atoms with Crippen LogP contribution in [0.5, 0.6) is 5.75 Å². The molecule has 1 aromatic carbocycles. The lowest BCUT2D eigenvalue weighted by atomic mass is 9.94. The SMILES string of the molecule is CCNCC(CCCOCC)Cc1ccc(OC)cc1. The molecule has 0 aliphatic carbocycles. The zero-order valence-corrected chi connectivity index (χ0v) is 13.2. The van der Waals surface area contributed by atoms with Crippen molar-refractivity contribution in [1.29, 1.82) is 0 Å². The van der Waals surface area contributed by atoms with Gasteiger partial charge in [-0.05, 0) is 62.9 Å². The van der Waals surface area contributed by atoms with Gasteiger partial charge in [0.15, 0.2) is 0 Å². The Morgan fingerprint density at radius 3 is 2.50 bits per heavy atom. The first kappa shape index (κ1) is 17.0. The molecule has 0 spiro atoms. The van der Waals surface area contributed by atoms with Gasteiger partial charge in [0.05, 0.1) is 7.11 Å². The normalized spacial score (nSPS) is 12.3. The molecule has 1 atom stereocenters. The van der Waals surface area contributed by atoms with Crippen LogP contribution in [0.1, 0.15) is 32.3 Å². The van der Waals surface area contributed by atoms with Gasteiger partial charge in [-0.25, -0.2) is 0 Å². The average Bonchev–Trinajstić information content (AvgIpc) is 2.49. The van der Waals surface area contributed by atoms with Gasteiger partial charge in [0.2, 0.25) is 0 Å². The average molecular weight is 279 g/mol. The van der Waals surface area contributed by atoms with E-state index in [4.69, 9.17) is 9.47 Å². The maximum absolute atomic E-state index is 5.43. The maximum Gasteiger partial charge on any atom is 0.118 e. The van der Waals surface area contributed by atoms with Crippen LogP contribution in [-0.2, 0) is 11.2 Å². The van der Waals surface area contributed by atoms with Crippen LogP contribution in [0.2, 0.25) is 0 Å². The Balaban J connectivity index is 2.44. The molecule has 1 aromatic rings. The van der Waals surface area contributed by atoms with Gasteiger partial charge in [-0.3, -0.25) is 0 Å². The molecule has 0 radical (unpaired) electrons. The third-order valence-electron chi connectivity index (χ3n) is 3.47. The van der Waals surface area contributed by atoms with Crippen LogP contribution in [0.25, 0.3) is 0 Å². The van der Waals surface area contributed by atoms with Crippen LogP contribution >= 0.6 is 0 Å². The van der Waals surface area contributed by atoms with Crippen molar-refractivity contribution in [2.75, 3.05) is 33.4 Å². The Hall–Kier alpha value is -1.06. The van der Waals surface area contributed by atoms with Crippen LogP contribution in [0.3, 0.4) is 0 Å². The van der Waals surface area contributed by atoms with E-state index < -0.39 is 0 Å². The summed E-state index contributed by atoms with van der Waals surface area (Å²) >= 11 is 0. The van der Waals surface area contributed by atoms with Crippen LogP contribution in [0.15, 0.2) is 24.3 Å². The first-order chi connectivity index (χ1) is 9.80. The van der Waals surface area contributed by atoms with Crippen molar-refractivity contribution in [2.45, 2.75) is 33.1 Å². The van der Waals surface area contributed by atoms with Gasteiger partial charge < -0.3 is 14.8 Å². The first-order valence-corrected chi connectivity index (χ1v) is 7.71. The molecular weight excluding hydrogens is 250 g/mol. The number of benzene rings is 1. The molecular formula is C17H29NO2. The fourth-order valence-electron chi connectivity index (χ4n) is 2.34. The van der Waals surface area contributed by atoms with E-state index >= 15 is 0 Å². The Morgan fingerprint density at radius 1 is 1.15 bits per heavy atom. The second-order valence-electron chi connectivity index (χ2n) is 5.07. The highest BCUT2D eigenvalue weighted by Crippen LogP contribution is 2.17. The molecule has 0 aliphatic rings. The minimum Gasteiger partial charge on any atom is -0.497 e. The molecule has 0 aliphatic heterocycles. The van der Waals surface area contributed by atoms with E-state index in [0.29, 0.717) is 5.92 Å². The number of nitrogens with one attached hydrogen (secondary N) is 1. The summed E-state index contributed by atoms with van der Waals surface area (Å²) in [4.78, 5) is 0. The van der Waals surface area contributed by atoms with Crippen molar-refractivity contribution in [2.24, 2.45) is 5.92 Å². The fraction of sp³-hybridized carbons (Fsp3) is 0.647. The molecule has 1 unspecified atom stereocenters. The summed E-state index contributed by atoms with van der Waals surface area (Å²) < 4.78 is 10.6. The van der Waals surface area contributed by atoms with Crippen molar-refractivity contribution in [3.05, 3.63) is 29.8 Å². The van der Waals surface area contributed by atoms with E-state index in [0.717, 1.165) is 44.9 Å². The van der Waals surface area contributed by atoms with Gasteiger partial charge in [-0.2, -0.15) is 0 Å². The molecule has 3 heteroatoms. The van der Waals surface area contributed by atoms with Crippen molar-refractivity contribution < 1.29 is 9.47 Å². The zero-order chi connectivity index (χ0) is 14.6. The summed E-state index contributed by atoms with van der Waals surface area (Å²) in [5.41, 5.74) is 1.38. The first-order valence-electron chi connectivity index (χ1n) is 7.71. The van der Waals surface area contributed by atoms with Crippen molar-refractivity contribution in [3.8, 4) is 5.75 Å². The topological polar surface area (TPSA) is 30.5 Å². The van der Waals surface area contributed by atoms with Crippen LogP contribution in [-0.4, -0.2) is 33.4 Å². The molecule has 0 saturated heterocycles. The highest BCUT2D eigenvalue weighted by atomic mass is 16.5. The third kappa shape index (κ3) is 6.92. The molecule has 0 heterocycles. The van der Waals surface area contributed by atoms with Crippen LogP contribution in [0, 0.1) is 5.92 Å². The molecule has 1 N–H and O–H groups in total. The number of hydrogen-bond acceptors (Lipinski definition) is 3. The Bertz CT molecular complexity index is 337. The molecule has 114 valence electrons. The van der Waals surface area contributed by atoms with Crippen molar-refractivity contribution in [1.82, 2.24) is 5.32 Å². The van der Waals surface area contributed by atoms with E-state index in [1.54, 1.807) is 7.11 Å². The summed E-state index contributed by atoms with van der Waals surface area (Å²) in [6, 6.07) is 8.42. The van der Waals surface area contributed by atoms with Gasteiger partial charge in [0.25, 0.3) is 0 Å². The predicted molar refractivity (Wildman–Crippen MR) is 84.5 cm³/mol. The second-order valence-corrected chi connectivity index (χ2v) is 5.07. The van der Waals surface area contributed by atoms with Gasteiger partial charge in [0.1, 0.15) is 5.75 Å². The molecule has 20 heavy (non-hydrogen) atoms. The molecule has 1 rings (SSSR count). The smallest absolute Gasteiger partial charge is 0.118 e. The highest BCUT2D eigenvalue weighted by Gasteiger charge is 2.09. The van der Waals surface area contributed by atoms with Gasteiger partial charge in [-0.1, -0.05) is 19.1 Å². The molecule has 0 fully saturated rings. The Kier molecular flexibility index (Phi) is 9.09. The summed E-state index contributed by atoms with van der Waals surface area (Å²) in [6.45, 7) is 8.01. The predicted octanol–water partition coefficient (Wildman–Crippen LogP) is 3.28. The Morgan fingerprint density at radius 2 is 1.90 bits per heavy atom. The van der Waals surface area contributed by atoms with Gasteiger partial charge in [-0.15, -0.1) is 0 Å². The standard InChI is InChI=1S/C17H29NO2/c1-4-18-14-16(7-6-12-20-5-2)13-15-8-10-17(19-3)11-9-15/h8-11,16,18H,4-7,12-14H2,1-3H3. The number of rotatable bonds is 11. The largest absolute Gasteiger partial charge is 0.497 e. The lowest BCUT2D eigenvalue weighted by molar-refractivity contribution is 0.139. The van der Waals surface area contributed by atoms with E-state index in [9.17, 15) is 0 Å². The summed E-state index contributed by atoms with van der Waals surface area (Å²) in [7, 11) is 1.71. The van der Waals surface area contributed by atoms with E-state index in [1.807, 2.05) is 19.1 Å². The van der Waals surface area contributed by atoms with Gasteiger partial charge >= 0.3 is 0 Å². The lowest BCUT2D eigenvalue weighted by Crippen LogP contribution is -2.24. The maximum atomic E-state index is 5.43. The van der Waals surface area contributed by atoms with E-state index in [2.05, 4.69) is 24.4 Å².